The summed E-state index contributed by atoms with van der Waals surface area (Å²) in [6.07, 6.45) is 6.85. The molecule has 2 rings (SSSR count). The van der Waals surface area contributed by atoms with Crippen molar-refractivity contribution >= 4 is 29.9 Å². The number of aliphatic imine (C=N–C) groups is 1. The van der Waals surface area contributed by atoms with Crippen molar-refractivity contribution in [3.05, 3.63) is 24.2 Å². The van der Waals surface area contributed by atoms with Crippen LogP contribution in [0, 0.1) is 5.92 Å². The van der Waals surface area contributed by atoms with Crippen LogP contribution in [0.1, 0.15) is 38.4 Å². The summed E-state index contributed by atoms with van der Waals surface area (Å²) in [5.41, 5.74) is 0. The molecule has 1 aliphatic heterocycles. The van der Waals surface area contributed by atoms with Crippen molar-refractivity contribution in [1.82, 2.24) is 10.6 Å². The van der Waals surface area contributed by atoms with Gasteiger partial charge in [0, 0.05) is 52.5 Å². The van der Waals surface area contributed by atoms with Crippen molar-refractivity contribution in [3.8, 4) is 0 Å². The van der Waals surface area contributed by atoms with Crippen LogP contribution in [0.15, 0.2) is 27.8 Å². The van der Waals surface area contributed by atoms with Gasteiger partial charge in [0.25, 0.3) is 0 Å². The fourth-order valence-electron chi connectivity index (χ4n) is 2.70. The molecule has 0 radical (unpaired) electrons. The van der Waals surface area contributed by atoms with E-state index >= 15 is 0 Å². The zero-order valence-corrected chi connectivity index (χ0v) is 18.2. The highest BCUT2D eigenvalue weighted by Gasteiger charge is 2.13. The van der Waals surface area contributed by atoms with E-state index in [1.807, 2.05) is 12.1 Å². The van der Waals surface area contributed by atoms with Crippen molar-refractivity contribution in [3.63, 3.8) is 0 Å². The number of hydrogen-bond acceptors (Lipinski definition) is 4. The molecular weight excluding hydrogens is 445 g/mol. The second-order valence-corrected chi connectivity index (χ2v) is 6.40. The Morgan fingerprint density at radius 1 is 1.27 bits per heavy atom. The third-order valence-corrected chi connectivity index (χ3v) is 4.19. The molecule has 150 valence electrons. The quantitative estimate of drug-likeness (QED) is 0.221. The Morgan fingerprint density at radius 3 is 2.81 bits per heavy atom. The lowest BCUT2D eigenvalue weighted by Gasteiger charge is -2.21. The van der Waals surface area contributed by atoms with Crippen molar-refractivity contribution in [2.24, 2.45) is 10.9 Å². The van der Waals surface area contributed by atoms with Crippen molar-refractivity contribution in [1.29, 1.82) is 0 Å². The highest BCUT2D eigenvalue weighted by atomic mass is 127. The van der Waals surface area contributed by atoms with Gasteiger partial charge in [-0.2, -0.15) is 0 Å². The number of ether oxygens (including phenoxy) is 2. The number of furan rings is 1. The number of halogens is 1. The molecule has 0 atom stereocenters. The Bertz CT molecular complexity index is 463. The van der Waals surface area contributed by atoms with Crippen LogP contribution < -0.4 is 10.6 Å². The van der Waals surface area contributed by atoms with Crippen LogP contribution in [0.2, 0.25) is 0 Å². The average Bonchev–Trinajstić information content (AvgIpc) is 3.16. The van der Waals surface area contributed by atoms with E-state index in [2.05, 4.69) is 22.5 Å². The van der Waals surface area contributed by atoms with Gasteiger partial charge in [0.1, 0.15) is 5.76 Å². The van der Waals surface area contributed by atoms with Gasteiger partial charge in [-0.1, -0.05) is 6.92 Å². The second kappa shape index (κ2) is 15.3. The summed E-state index contributed by atoms with van der Waals surface area (Å²) >= 11 is 0. The molecule has 1 aromatic heterocycles. The molecule has 0 spiro atoms. The summed E-state index contributed by atoms with van der Waals surface area (Å²) in [6.45, 7) is 8.06. The Kier molecular flexibility index (Phi) is 13.7. The summed E-state index contributed by atoms with van der Waals surface area (Å²) in [7, 11) is 0. The standard InChI is InChI=1S/C19H33N3O3.HI/c1-2-9-20-19(22-11-6-18-5-3-13-25-18)21-10-4-12-24-16-17-7-14-23-15-8-17;/h3,5,13,17H,2,4,6-12,14-16H2,1H3,(H2,20,21,22);1H. The summed E-state index contributed by atoms with van der Waals surface area (Å²) in [4.78, 5) is 4.56. The Morgan fingerprint density at radius 2 is 2.08 bits per heavy atom. The maximum Gasteiger partial charge on any atom is 0.191 e. The van der Waals surface area contributed by atoms with Gasteiger partial charge in [-0.25, -0.2) is 0 Å². The molecule has 0 aliphatic carbocycles. The largest absolute Gasteiger partial charge is 0.469 e. The summed E-state index contributed by atoms with van der Waals surface area (Å²) < 4.78 is 16.5. The number of hydrogen-bond donors (Lipinski definition) is 2. The zero-order valence-electron chi connectivity index (χ0n) is 15.9. The van der Waals surface area contributed by atoms with Gasteiger partial charge in [-0.15, -0.1) is 24.0 Å². The highest BCUT2D eigenvalue weighted by Crippen LogP contribution is 2.14. The monoisotopic (exact) mass is 479 g/mol. The van der Waals surface area contributed by atoms with Gasteiger partial charge < -0.3 is 24.5 Å². The fraction of sp³-hybridized carbons (Fsp3) is 0.737. The highest BCUT2D eigenvalue weighted by molar-refractivity contribution is 14.0. The molecule has 0 bridgehead atoms. The van der Waals surface area contributed by atoms with E-state index in [-0.39, 0.29) is 24.0 Å². The molecule has 2 heterocycles. The molecular formula is C19H34IN3O3. The Hall–Kier alpha value is -0.800. The van der Waals surface area contributed by atoms with E-state index in [0.717, 1.165) is 89.9 Å². The number of nitrogens with zero attached hydrogens (tertiary/aromatic N) is 1. The third kappa shape index (κ3) is 10.4. The number of guanidine groups is 1. The molecule has 1 aliphatic rings. The van der Waals surface area contributed by atoms with Gasteiger partial charge >= 0.3 is 0 Å². The predicted molar refractivity (Wildman–Crippen MR) is 115 cm³/mol. The first-order valence-electron chi connectivity index (χ1n) is 9.58. The van der Waals surface area contributed by atoms with E-state index in [1.54, 1.807) is 6.26 Å². The SMILES string of the molecule is CCCN=C(NCCCOCC1CCOCC1)NCCc1ccco1.I. The molecule has 0 aromatic carbocycles. The van der Waals surface area contributed by atoms with Crippen molar-refractivity contribution in [2.75, 3.05) is 46.1 Å². The van der Waals surface area contributed by atoms with Gasteiger partial charge in [-0.05, 0) is 43.7 Å². The number of nitrogens with one attached hydrogen (secondary N) is 2. The third-order valence-electron chi connectivity index (χ3n) is 4.19. The second-order valence-electron chi connectivity index (χ2n) is 6.40. The molecule has 1 fully saturated rings. The van der Waals surface area contributed by atoms with E-state index in [0.29, 0.717) is 5.92 Å². The molecule has 7 heteroatoms. The van der Waals surface area contributed by atoms with Crippen LogP contribution in [0.3, 0.4) is 0 Å². The maximum atomic E-state index is 5.80. The summed E-state index contributed by atoms with van der Waals surface area (Å²) in [5, 5.41) is 6.74. The van der Waals surface area contributed by atoms with Crippen LogP contribution in [0.4, 0.5) is 0 Å². The lowest BCUT2D eigenvalue weighted by atomic mass is 10.0. The lowest BCUT2D eigenvalue weighted by molar-refractivity contribution is 0.0203. The molecule has 6 nitrogen and oxygen atoms in total. The van der Waals surface area contributed by atoms with Gasteiger partial charge in [0.15, 0.2) is 5.96 Å². The Balaban J connectivity index is 0.00000338. The van der Waals surface area contributed by atoms with E-state index in [1.165, 1.54) is 0 Å². The smallest absolute Gasteiger partial charge is 0.191 e. The zero-order chi connectivity index (χ0) is 17.6. The first-order valence-corrected chi connectivity index (χ1v) is 9.58. The van der Waals surface area contributed by atoms with Crippen molar-refractivity contribution < 1.29 is 13.9 Å². The predicted octanol–water partition coefficient (Wildman–Crippen LogP) is 3.22. The molecule has 0 unspecified atom stereocenters. The molecule has 1 aromatic rings. The minimum absolute atomic E-state index is 0. The first-order chi connectivity index (χ1) is 12.4. The van der Waals surface area contributed by atoms with E-state index in [4.69, 9.17) is 13.9 Å². The molecule has 26 heavy (non-hydrogen) atoms. The van der Waals surface area contributed by atoms with Gasteiger partial charge in [0.05, 0.1) is 6.26 Å². The molecule has 1 saturated heterocycles. The summed E-state index contributed by atoms with van der Waals surface area (Å²) in [5.74, 6) is 2.54. The molecule has 2 N–H and O–H groups in total. The van der Waals surface area contributed by atoms with Gasteiger partial charge in [0.2, 0.25) is 0 Å². The first kappa shape index (κ1) is 23.2. The van der Waals surface area contributed by atoms with Crippen molar-refractivity contribution in [2.45, 2.75) is 39.0 Å². The minimum atomic E-state index is 0. The lowest BCUT2D eigenvalue weighted by Crippen LogP contribution is -2.39. The van der Waals surface area contributed by atoms with Crippen LogP contribution in [-0.2, 0) is 15.9 Å². The number of rotatable bonds is 11. The fourth-order valence-corrected chi connectivity index (χ4v) is 2.70. The minimum Gasteiger partial charge on any atom is -0.469 e. The average molecular weight is 479 g/mol. The van der Waals surface area contributed by atoms with Crippen LogP contribution in [0.5, 0.6) is 0 Å². The van der Waals surface area contributed by atoms with Gasteiger partial charge in [-0.3, -0.25) is 4.99 Å². The normalized spacial score (nSPS) is 15.5. The summed E-state index contributed by atoms with van der Waals surface area (Å²) in [6, 6.07) is 3.91. The molecule has 0 amide bonds. The van der Waals surface area contributed by atoms with E-state index < -0.39 is 0 Å². The van der Waals surface area contributed by atoms with Crippen LogP contribution in [0.25, 0.3) is 0 Å². The van der Waals surface area contributed by atoms with Crippen LogP contribution >= 0.6 is 24.0 Å². The molecule has 0 saturated carbocycles. The van der Waals surface area contributed by atoms with E-state index in [9.17, 15) is 0 Å². The Labute approximate surface area is 174 Å². The van der Waals surface area contributed by atoms with Crippen LogP contribution in [-0.4, -0.2) is 52.0 Å². The maximum absolute atomic E-state index is 5.80. The topological polar surface area (TPSA) is 68.0 Å².